The highest BCUT2D eigenvalue weighted by Gasteiger charge is 2.12. The first kappa shape index (κ1) is 19.9. The van der Waals surface area contributed by atoms with E-state index in [4.69, 9.17) is 10.00 Å². The minimum absolute atomic E-state index is 0.0831. The number of nitro groups is 1. The van der Waals surface area contributed by atoms with Gasteiger partial charge in [0.2, 0.25) is 0 Å². The van der Waals surface area contributed by atoms with E-state index in [1.807, 2.05) is 34.7 Å². The molecule has 0 atom stereocenters. The average Bonchev–Trinajstić information content (AvgIpc) is 2.65. The third-order valence-electron chi connectivity index (χ3n) is 3.24. The first-order valence-corrected chi connectivity index (χ1v) is 8.49. The lowest BCUT2D eigenvalue weighted by molar-refractivity contribution is -0.384. The Balaban J connectivity index is 2.20. The molecule has 2 rings (SSSR count). The molecular weight excluding hydrogens is 463 g/mol. The number of non-ortho nitro benzene ring substituents is 1. The Kier molecular flexibility index (Phi) is 6.86. The van der Waals surface area contributed by atoms with Gasteiger partial charge >= 0.3 is 0 Å². The van der Waals surface area contributed by atoms with Gasteiger partial charge in [-0.25, -0.2) is 0 Å². The van der Waals surface area contributed by atoms with Crippen LogP contribution in [0.2, 0.25) is 0 Å². The predicted octanol–water partition coefficient (Wildman–Crippen LogP) is 3.65. The van der Waals surface area contributed by atoms with Crippen LogP contribution in [0.4, 0.5) is 11.4 Å². The number of carbonyl (C=O) groups is 1. The van der Waals surface area contributed by atoms with Crippen LogP contribution in [0.25, 0.3) is 6.08 Å². The number of hydrogen-bond acceptors (Lipinski definition) is 6. The highest BCUT2D eigenvalue weighted by atomic mass is 127. The number of nitro benzene ring substituents is 1. The van der Waals surface area contributed by atoms with Gasteiger partial charge in [0.15, 0.2) is 6.61 Å². The molecule has 0 saturated heterocycles. The van der Waals surface area contributed by atoms with Crippen LogP contribution in [0, 0.1) is 36.3 Å². The Morgan fingerprint density at radius 3 is 2.70 bits per heavy atom. The van der Waals surface area contributed by atoms with Gasteiger partial charge < -0.3 is 10.1 Å². The minimum atomic E-state index is -0.683. The van der Waals surface area contributed by atoms with Crippen molar-refractivity contribution in [2.45, 2.75) is 0 Å². The van der Waals surface area contributed by atoms with Crippen molar-refractivity contribution in [2.75, 3.05) is 11.9 Å². The second kappa shape index (κ2) is 9.31. The molecule has 0 aliphatic rings. The zero-order valence-corrected chi connectivity index (χ0v) is 15.8. The number of rotatable bonds is 6. The van der Waals surface area contributed by atoms with E-state index < -0.39 is 10.8 Å². The Bertz CT molecular complexity index is 1010. The van der Waals surface area contributed by atoms with Gasteiger partial charge in [-0.05, 0) is 52.4 Å². The average molecular weight is 474 g/mol. The number of halogens is 1. The van der Waals surface area contributed by atoms with E-state index in [2.05, 4.69) is 5.32 Å². The lowest BCUT2D eigenvalue weighted by Gasteiger charge is -2.06. The summed E-state index contributed by atoms with van der Waals surface area (Å²) >= 11 is 2.02. The summed E-state index contributed by atoms with van der Waals surface area (Å²) in [4.78, 5) is 22.5. The number of amides is 1. The SMILES string of the molecule is N#CCOc1ccc(/C=C(\C#N)C(=O)Nc2cccc([N+](=O)[O-])c2)cc1I. The molecule has 0 heterocycles. The van der Waals surface area contributed by atoms with Gasteiger partial charge in [0, 0.05) is 17.8 Å². The molecule has 1 amide bonds. The number of carbonyl (C=O) groups excluding carboxylic acids is 1. The molecule has 0 aliphatic heterocycles. The maximum absolute atomic E-state index is 12.3. The fourth-order valence-electron chi connectivity index (χ4n) is 2.04. The number of hydrogen-bond donors (Lipinski definition) is 1. The van der Waals surface area contributed by atoms with E-state index in [-0.39, 0.29) is 23.6 Å². The van der Waals surface area contributed by atoms with Crippen molar-refractivity contribution < 1.29 is 14.5 Å². The maximum atomic E-state index is 12.3. The molecule has 0 bridgehead atoms. The minimum Gasteiger partial charge on any atom is -0.478 e. The van der Waals surface area contributed by atoms with E-state index in [0.29, 0.717) is 14.9 Å². The van der Waals surface area contributed by atoms with Gasteiger partial charge in [0.05, 0.1) is 8.49 Å². The van der Waals surface area contributed by atoms with Crippen LogP contribution >= 0.6 is 22.6 Å². The lowest BCUT2D eigenvalue weighted by Crippen LogP contribution is -2.13. The Labute approximate surface area is 168 Å². The van der Waals surface area contributed by atoms with Crippen LogP contribution in [-0.2, 0) is 4.79 Å². The third-order valence-corrected chi connectivity index (χ3v) is 4.08. The molecule has 2 aromatic rings. The first-order valence-electron chi connectivity index (χ1n) is 7.41. The molecule has 0 spiro atoms. The largest absolute Gasteiger partial charge is 0.478 e. The standard InChI is InChI=1S/C18H11IN4O4/c19-16-9-12(4-5-17(16)27-7-6-20)8-13(11-21)18(24)22-14-2-1-3-15(10-14)23(25)26/h1-5,8-10H,7H2,(H,22,24)/b13-8+. The Hall–Kier alpha value is -3.44. The molecule has 9 heteroatoms. The van der Waals surface area contributed by atoms with Gasteiger partial charge in [-0.15, -0.1) is 0 Å². The maximum Gasteiger partial charge on any atom is 0.271 e. The quantitative estimate of drug-likeness (QED) is 0.224. The van der Waals surface area contributed by atoms with Crippen LogP contribution in [0.5, 0.6) is 5.75 Å². The molecule has 0 fully saturated rings. The molecule has 0 aliphatic carbocycles. The number of nitrogens with one attached hydrogen (secondary N) is 1. The Morgan fingerprint density at radius 2 is 2.07 bits per heavy atom. The van der Waals surface area contributed by atoms with Crippen molar-refractivity contribution in [2.24, 2.45) is 0 Å². The van der Waals surface area contributed by atoms with Crippen molar-refractivity contribution >= 4 is 45.9 Å². The molecule has 0 radical (unpaired) electrons. The normalized spacial score (nSPS) is 10.4. The molecule has 0 unspecified atom stereocenters. The van der Waals surface area contributed by atoms with E-state index in [1.165, 1.54) is 30.3 Å². The molecule has 2 aromatic carbocycles. The summed E-state index contributed by atoms with van der Waals surface area (Å²) in [5.74, 6) is -0.160. The van der Waals surface area contributed by atoms with Crippen molar-refractivity contribution in [1.29, 1.82) is 10.5 Å². The van der Waals surface area contributed by atoms with Crippen molar-refractivity contribution in [3.8, 4) is 17.9 Å². The second-order valence-corrected chi connectivity index (χ2v) is 6.23. The van der Waals surface area contributed by atoms with E-state index in [0.717, 1.165) is 0 Å². The third kappa shape index (κ3) is 5.52. The zero-order valence-electron chi connectivity index (χ0n) is 13.7. The van der Waals surface area contributed by atoms with Gasteiger partial charge in [0.1, 0.15) is 23.5 Å². The van der Waals surface area contributed by atoms with Crippen LogP contribution in [0.1, 0.15) is 5.56 Å². The van der Waals surface area contributed by atoms with Crippen LogP contribution < -0.4 is 10.1 Å². The molecule has 134 valence electrons. The van der Waals surface area contributed by atoms with Crippen molar-refractivity contribution in [3.05, 3.63) is 67.3 Å². The van der Waals surface area contributed by atoms with Gasteiger partial charge in [-0.2, -0.15) is 10.5 Å². The zero-order chi connectivity index (χ0) is 19.8. The number of benzene rings is 2. The fraction of sp³-hybridized carbons (Fsp3) is 0.0556. The second-order valence-electron chi connectivity index (χ2n) is 5.07. The van der Waals surface area contributed by atoms with Gasteiger partial charge in [-0.3, -0.25) is 14.9 Å². The first-order chi connectivity index (χ1) is 12.9. The monoisotopic (exact) mass is 474 g/mol. The summed E-state index contributed by atoms with van der Waals surface area (Å²) in [7, 11) is 0. The summed E-state index contributed by atoms with van der Waals surface area (Å²) < 4.78 is 5.96. The van der Waals surface area contributed by atoms with E-state index >= 15 is 0 Å². The van der Waals surface area contributed by atoms with E-state index in [1.54, 1.807) is 18.2 Å². The Morgan fingerprint density at radius 1 is 1.30 bits per heavy atom. The van der Waals surface area contributed by atoms with Gasteiger partial charge in [0.25, 0.3) is 11.6 Å². The van der Waals surface area contributed by atoms with Crippen LogP contribution in [0.15, 0.2) is 48.0 Å². The fourth-order valence-corrected chi connectivity index (χ4v) is 2.74. The number of anilines is 1. The molecule has 0 aromatic heterocycles. The molecular formula is C18H11IN4O4. The van der Waals surface area contributed by atoms with Crippen LogP contribution in [0.3, 0.4) is 0 Å². The van der Waals surface area contributed by atoms with Crippen molar-refractivity contribution in [1.82, 2.24) is 0 Å². The molecule has 1 N–H and O–H groups in total. The molecule has 8 nitrogen and oxygen atoms in total. The molecule has 0 saturated carbocycles. The smallest absolute Gasteiger partial charge is 0.271 e. The number of nitrogens with zero attached hydrogens (tertiary/aromatic N) is 3. The highest BCUT2D eigenvalue weighted by molar-refractivity contribution is 14.1. The lowest BCUT2D eigenvalue weighted by atomic mass is 10.1. The highest BCUT2D eigenvalue weighted by Crippen LogP contribution is 2.24. The number of ether oxygens (including phenoxy) is 1. The summed E-state index contributed by atoms with van der Waals surface area (Å²) in [5, 5.41) is 31.1. The molecule has 27 heavy (non-hydrogen) atoms. The van der Waals surface area contributed by atoms with E-state index in [9.17, 15) is 20.2 Å². The van der Waals surface area contributed by atoms with Gasteiger partial charge in [-0.1, -0.05) is 12.1 Å². The predicted molar refractivity (Wildman–Crippen MR) is 106 cm³/mol. The van der Waals surface area contributed by atoms with Crippen LogP contribution in [-0.4, -0.2) is 17.4 Å². The summed E-state index contributed by atoms with van der Waals surface area (Å²) in [6.07, 6.45) is 1.39. The summed E-state index contributed by atoms with van der Waals surface area (Å²) in [5.41, 5.74) is 0.473. The number of nitriles is 2. The summed E-state index contributed by atoms with van der Waals surface area (Å²) in [6.45, 7) is -0.0831. The summed E-state index contributed by atoms with van der Waals surface area (Å²) in [6, 6.07) is 14.1. The topological polar surface area (TPSA) is 129 Å². The van der Waals surface area contributed by atoms with Crippen molar-refractivity contribution in [3.63, 3.8) is 0 Å².